The first-order valence-corrected chi connectivity index (χ1v) is 28.5. The second kappa shape index (κ2) is 53.0. The Hall–Kier alpha value is -1.59. The summed E-state index contributed by atoms with van der Waals surface area (Å²) in [4.78, 5) is 37.8. The van der Waals surface area contributed by atoms with Crippen molar-refractivity contribution in [1.29, 1.82) is 0 Å². The van der Waals surface area contributed by atoms with E-state index >= 15 is 0 Å². The maximum atomic E-state index is 12.7. The largest absolute Gasteiger partial charge is 0.462 e. The van der Waals surface area contributed by atoms with Crippen LogP contribution in [-0.4, -0.2) is 37.2 Å². The lowest BCUT2D eigenvalue weighted by molar-refractivity contribution is -0.167. The number of rotatable bonds is 53. The Morgan fingerprint density at radius 3 is 0.635 bits per heavy atom. The van der Waals surface area contributed by atoms with Gasteiger partial charge in [0.05, 0.1) is 0 Å². The van der Waals surface area contributed by atoms with Crippen LogP contribution in [-0.2, 0) is 28.6 Å². The molecule has 0 radical (unpaired) electrons. The van der Waals surface area contributed by atoms with Gasteiger partial charge < -0.3 is 14.2 Å². The summed E-state index contributed by atoms with van der Waals surface area (Å²) in [5.74, 6) is -0.846. The predicted octanol–water partition coefficient (Wildman–Crippen LogP) is 18.8. The Morgan fingerprint density at radius 2 is 0.429 bits per heavy atom. The molecule has 0 aromatic rings. The highest BCUT2D eigenvalue weighted by Crippen LogP contribution is 2.18. The molecule has 63 heavy (non-hydrogen) atoms. The minimum absolute atomic E-state index is 0.0622. The molecule has 0 bridgehead atoms. The summed E-state index contributed by atoms with van der Waals surface area (Å²) >= 11 is 0. The van der Waals surface area contributed by atoms with E-state index in [1.165, 1.54) is 231 Å². The molecule has 0 aliphatic rings. The number of esters is 3. The van der Waals surface area contributed by atoms with Gasteiger partial charge in [0.2, 0.25) is 0 Å². The van der Waals surface area contributed by atoms with Gasteiger partial charge in [-0.15, -0.1) is 0 Å². The Balaban J connectivity index is 4.01. The topological polar surface area (TPSA) is 78.9 Å². The summed E-state index contributed by atoms with van der Waals surface area (Å²) in [5.41, 5.74) is 0. The van der Waals surface area contributed by atoms with E-state index in [2.05, 4.69) is 20.8 Å². The van der Waals surface area contributed by atoms with Gasteiger partial charge in [-0.3, -0.25) is 14.4 Å². The molecule has 1 atom stereocenters. The van der Waals surface area contributed by atoms with Crippen LogP contribution in [0.15, 0.2) is 0 Å². The minimum atomic E-state index is -0.759. The molecule has 0 saturated heterocycles. The van der Waals surface area contributed by atoms with Gasteiger partial charge in [-0.1, -0.05) is 290 Å². The highest BCUT2D eigenvalue weighted by atomic mass is 16.6. The van der Waals surface area contributed by atoms with Crippen LogP contribution >= 0.6 is 0 Å². The molecule has 0 spiro atoms. The maximum absolute atomic E-state index is 12.7. The summed E-state index contributed by atoms with van der Waals surface area (Å²) in [6.45, 7) is 6.65. The average Bonchev–Trinajstić information content (AvgIpc) is 3.28. The standard InChI is InChI=1S/C57H110O6/c1-4-7-10-13-16-19-21-22-23-24-25-26-27-28-29-30-31-32-33-34-35-37-38-41-44-47-50-56(59)62-53-54(52-61-55(58)49-46-43-40-18-15-12-9-6-3)63-57(60)51-48-45-42-39-36-20-17-14-11-8-5-2/h54H,4-53H2,1-3H3. The second-order valence-electron chi connectivity index (χ2n) is 19.6. The number of hydrogen-bond donors (Lipinski definition) is 0. The second-order valence-corrected chi connectivity index (χ2v) is 19.6. The zero-order valence-electron chi connectivity index (χ0n) is 42.9. The van der Waals surface area contributed by atoms with Crippen LogP contribution in [0.2, 0.25) is 0 Å². The smallest absolute Gasteiger partial charge is 0.306 e. The molecule has 1 unspecified atom stereocenters. The highest BCUT2D eigenvalue weighted by Gasteiger charge is 2.19. The number of carbonyl (C=O) groups excluding carboxylic acids is 3. The lowest BCUT2D eigenvalue weighted by Gasteiger charge is -2.18. The predicted molar refractivity (Wildman–Crippen MR) is 270 cm³/mol. The molecule has 0 rings (SSSR count). The molecule has 0 fully saturated rings. The van der Waals surface area contributed by atoms with Crippen molar-refractivity contribution < 1.29 is 28.6 Å². The zero-order valence-corrected chi connectivity index (χ0v) is 42.9. The van der Waals surface area contributed by atoms with Crippen molar-refractivity contribution in [3.63, 3.8) is 0 Å². The molecule has 0 aromatic heterocycles. The van der Waals surface area contributed by atoms with E-state index < -0.39 is 6.10 Å². The highest BCUT2D eigenvalue weighted by molar-refractivity contribution is 5.71. The molecule has 0 saturated carbocycles. The van der Waals surface area contributed by atoms with E-state index in [1.807, 2.05) is 0 Å². The van der Waals surface area contributed by atoms with Crippen LogP contribution in [0.4, 0.5) is 0 Å². The Bertz CT molecular complexity index is 936. The van der Waals surface area contributed by atoms with E-state index in [1.54, 1.807) is 0 Å². The molecule has 0 aromatic carbocycles. The van der Waals surface area contributed by atoms with E-state index in [0.29, 0.717) is 19.3 Å². The summed E-state index contributed by atoms with van der Waals surface area (Å²) in [6, 6.07) is 0. The molecule has 0 aliphatic heterocycles. The van der Waals surface area contributed by atoms with E-state index in [9.17, 15) is 14.4 Å². The minimum Gasteiger partial charge on any atom is -0.462 e. The van der Waals surface area contributed by atoms with Crippen molar-refractivity contribution in [3.8, 4) is 0 Å². The van der Waals surface area contributed by atoms with Gasteiger partial charge in [0.1, 0.15) is 13.2 Å². The van der Waals surface area contributed by atoms with Crippen molar-refractivity contribution in [1.82, 2.24) is 0 Å². The summed E-state index contributed by atoms with van der Waals surface area (Å²) < 4.78 is 16.8. The molecule has 6 nitrogen and oxygen atoms in total. The van der Waals surface area contributed by atoms with E-state index in [0.717, 1.165) is 57.8 Å². The molecule has 0 N–H and O–H groups in total. The fourth-order valence-corrected chi connectivity index (χ4v) is 8.80. The van der Waals surface area contributed by atoms with Crippen molar-refractivity contribution >= 4 is 17.9 Å². The Labute approximate surface area is 393 Å². The van der Waals surface area contributed by atoms with Crippen molar-refractivity contribution in [2.75, 3.05) is 13.2 Å². The van der Waals surface area contributed by atoms with Crippen LogP contribution in [0.3, 0.4) is 0 Å². The van der Waals surface area contributed by atoms with Crippen LogP contribution in [0.25, 0.3) is 0 Å². The molecular formula is C57H110O6. The first-order valence-electron chi connectivity index (χ1n) is 28.5. The van der Waals surface area contributed by atoms with Crippen LogP contribution in [0.1, 0.15) is 329 Å². The van der Waals surface area contributed by atoms with Gasteiger partial charge in [0, 0.05) is 19.3 Å². The van der Waals surface area contributed by atoms with Gasteiger partial charge in [0.15, 0.2) is 6.10 Å². The third-order valence-electron chi connectivity index (χ3n) is 13.1. The lowest BCUT2D eigenvalue weighted by Crippen LogP contribution is -2.30. The molecule has 0 amide bonds. The van der Waals surface area contributed by atoms with E-state index in [4.69, 9.17) is 14.2 Å². The van der Waals surface area contributed by atoms with Gasteiger partial charge >= 0.3 is 17.9 Å². The number of ether oxygens (including phenoxy) is 3. The third-order valence-corrected chi connectivity index (χ3v) is 13.1. The van der Waals surface area contributed by atoms with Crippen LogP contribution in [0, 0.1) is 0 Å². The Kier molecular flexibility index (Phi) is 51.7. The van der Waals surface area contributed by atoms with Crippen molar-refractivity contribution in [2.45, 2.75) is 335 Å². The number of hydrogen-bond acceptors (Lipinski definition) is 6. The maximum Gasteiger partial charge on any atom is 0.306 e. The fraction of sp³-hybridized carbons (Fsp3) is 0.947. The Morgan fingerprint density at radius 1 is 0.254 bits per heavy atom. The van der Waals surface area contributed by atoms with E-state index in [-0.39, 0.29) is 31.1 Å². The molecular weight excluding hydrogens is 781 g/mol. The summed E-state index contributed by atoms with van der Waals surface area (Å²) in [6.07, 6.45) is 58.4. The van der Waals surface area contributed by atoms with Gasteiger partial charge in [-0.2, -0.15) is 0 Å². The normalized spacial score (nSPS) is 11.9. The first-order chi connectivity index (χ1) is 31.0. The fourth-order valence-electron chi connectivity index (χ4n) is 8.80. The molecule has 374 valence electrons. The average molecular weight is 892 g/mol. The van der Waals surface area contributed by atoms with Gasteiger partial charge in [-0.05, 0) is 19.3 Å². The van der Waals surface area contributed by atoms with Crippen molar-refractivity contribution in [3.05, 3.63) is 0 Å². The molecule has 0 aliphatic carbocycles. The zero-order chi connectivity index (χ0) is 45.8. The first kappa shape index (κ1) is 61.4. The molecule has 6 heteroatoms. The van der Waals surface area contributed by atoms with Crippen molar-refractivity contribution in [2.24, 2.45) is 0 Å². The van der Waals surface area contributed by atoms with Gasteiger partial charge in [-0.25, -0.2) is 0 Å². The van der Waals surface area contributed by atoms with Crippen LogP contribution in [0.5, 0.6) is 0 Å². The van der Waals surface area contributed by atoms with Gasteiger partial charge in [0.25, 0.3) is 0 Å². The number of carbonyl (C=O) groups is 3. The summed E-state index contributed by atoms with van der Waals surface area (Å²) in [5, 5.41) is 0. The SMILES string of the molecule is CCCCCCCCCCCCCCCCCCCCCCCCCCCCC(=O)OCC(COC(=O)CCCCCCCCCC)OC(=O)CCCCCCCCCCCCC. The molecule has 0 heterocycles. The van der Waals surface area contributed by atoms with Crippen LogP contribution < -0.4 is 0 Å². The lowest BCUT2D eigenvalue weighted by atomic mass is 10.0. The summed E-state index contributed by atoms with van der Waals surface area (Å²) in [7, 11) is 0. The number of unbranched alkanes of at least 4 members (excludes halogenated alkanes) is 42. The third kappa shape index (κ3) is 51.3. The quantitative estimate of drug-likeness (QED) is 0.0344. The monoisotopic (exact) mass is 891 g/mol.